The predicted octanol–water partition coefficient (Wildman–Crippen LogP) is 4.47. The van der Waals surface area contributed by atoms with E-state index in [4.69, 9.17) is 16.3 Å². The third kappa shape index (κ3) is 5.15. The van der Waals surface area contributed by atoms with Crippen LogP contribution >= 0.6 is 11.6 Å². The maximum absolute atomic E-state index is 12.9. The van der Waals surface area contributed by atoms with Crippen LogP contribution in [0.5, 0.6) is 0 Å². The summed E-state index contributed by atoms with van der Waals surface area (Å²) in [5.41, 5.74) is 2.34. The SMILES string of the molecule is O=C(NCC1(c2cccc(Cl)c2)CCOCC1)c1cccc(NC(=O)c2cccnc2)c1. The number of hydrogen-bond donors (Lipinski definition) is 2. The van der Waals surface area contributed by atoms with Gasteiger partial charge >= 0.3 is 0 Å². The molecule has 0 bridgehead atoms. The molecule has 0 aliphatic carbocycles. The van der Waals surface area contributed by atoms with Gasteiger partial charge in [0.2, 0.25) is 0 Å². The summed E-state index contributed by atoms with van der Waals surface area (Å²) in [6.45, 7) is 1.75. The molecule has 1 saturated heterocycles. The summed E-state index contributed by atoms with van der Waals surface area (Å²) in [6, 6.07) is 18.1. The Bertz CT molecular complexity index is 1100. The third-order valence-corrected chi connectivity index (χ3v) is 6.02. The number of halogens is 1. The Kier molecular flexibility index (Phi) is 6.83. The molecule has 0 atom stereocenters. The molecular weight excluding hydrogens is 426 g/mol. The van der Waals surface area contributed by atoms with Gasteiger partial charge in [-0.15, -0.1) is 0 Å². The minimum Gasteiger partial charge on any atom is -0.381 e. The van der Waals surface area contributed by atoms with Gasteiger partial charge in [0, 0.05) is 53.8 Å². The van der Waals surface area contributed by atoms with Crippen molar-refractivity contribution in [3.8, 4) is 0 Å². The maximum Gasteiger partial charge on any atom is 0.257 e. The average Bonchev–Trinajstić information content (AvgIpc) is 2.84. The number of hydrogen-bond acceptors (Lipinski definition) is 4. The van der Waals surface area contributed by atoms with Crippen LogP contribution in [0.1, 0.15) is 39.1 Å². The molecule has 32 heavy (non-hydrogen) atoms. The molecule has 164 valence electrons. The Labute approximate surface area is 192 Å². The standard InChI is InChI=1S/C25H24ClN3O3/c26-21-7-2-6-20(15-21)25(9-12-32-13-10-25)17-28-23(30)18-4-1-8-22(14-18)29-24(31)19-5-3-11-27-16-19/h1-8,11,14-16H,9-10,12-13,17H2,(H,28,30)(H,29,31). The molecule has 0 radical (unpaired) electrons. The van der Waals surface area contributed by atoms with E-state index < -0.39 is 0 Å². The van der Waals surface area contributed by atoms with Gasteiger partial charge in [0.25, 0.3) is 11.8 Å². The summed E-state index contributed by atoms with van der Waals surface area (Å²) >= 11 is 6.23. The van der Waals surface area contributed by atoms with Gasteiger partial charge in [-0.3, -0.25) is 14.6 Å². The molecule has 2 aromatic carbocycles. The zero-order valence-corrected chi connectivity index (χ0v) is 18.3. The van der Waals surface area contributed by atoms with Crippen molar-refractivity contribution in [3.05, 3.63) is 94.8 Å². The van der Waals surface area contributed by atoms with Crippen LogP contribution in [0.2, 0.25) is 5.02 Å². The number of pyridine rings is 1. The highest BCUT2D eigenvalue weighted by Gasteiger charge is 2.35. The highest BCUT2D eigenvalue weighted by Crippen LogP contribution is 2.35. The van der Waals surface area contributed by atoms with Crippen molar-refractivity contribution < 1.29 is 14.3 Å². The van der Waals surface area contributed by atoms with Gasteiger partial charge in [-0.1, -0.05) is 29.8 Å². The summed E-state index contributed by atoms with van der Waals surface area (Å²) in [4.78, 5) is 29.3. The summed E-state index contributed by atoms with van der Waals surface area (Å²) in [7, 11) is 0. The van der Waals surface area contributed by atoms with E-state index in [-0.39, 0.29) is 17.2 Å². The predicted molar refractivity (Wildman–Crippen MR) is 124 cm³/mol. The molecule has 2 N–H and O–H groups in total. The first-order valence-electron chi connectivity index (χ1n) is 10.5. The van der Waals surface area contributed by atoms with E-state index in [1.165, 1.54) is 6.20 Å². The van der Waals surface area contributed by atoms with Gasteiger partial charge in [-0.05, 0) is 60.9 Å². The second-order valence-electron chi connectivity index (χ2n) is 7.86. The van der Waals surface area contributed by atoms with Gasteiger partial charge in [-0.2, -0.15) is 0 Å². The first-order valence-corrected chi connectivity index (χ1v) is 10.9. The third-order valence-electron chi connectivity index (χ3n) is 5.78. The molecular formula is C25H24ClN3O3. The number of carbonyl (C=O) groups is 2. The van der Waals surface area contributed by atoms with Crippen LogP contribution in [0.4, 0.5) is 5.69 Å². The fourth-order valence-corrected chi connectivity index (χ4v) is 4.13. The second-order valence-corrected chi connectivity index (χ2v) is 8.30. The van der Waals surface area contributed by atoms with Crippen molar-refractivity contribution in [2.24, 2.45) is 0 Å². The number of ether oxygens (including phenoxy) is 1. The molecule has 1 fully saturated rings. The van der Waals surface area contributed by atoms with E-state index in [2.05, 4.69) is 21.7 Å². The largest absolute Gasteiger partial charge is 0.381 e. The zero-order chi connectivity index (χ0) is 22.4. The fourth-order valence-electron chi connectivity index (χ4n) is 3.94. The molecule has 0 saturated carbocycles. The Morgan fingerprint density at radius 1 is 0.969 bits per heavy atom. The molecule has 0 spiro atoms. The second kappa shape index (κ2) is 9.94. The minimum absolute atomic E-state index is 0.199. The highest BCUT2D eigenvalue weighted by atomic mass is 35.5. The summed E-state index contributed by atoms with van der Waals surface area (Å²) in [5, 5.41) is 6.57. The van der Waals surface area contributed by atoms with E-state index in [1.54, 1.807) is 42.6 Å². The number of benzene rings is 2. The van der Waals surface area contributed by atoms with E-state index in [1.807, 2.05) is 18.2 Å². The molecule has 1 aliphatic rings. The monoisotopic (exact) mass is 449 g/mol. The number of nitrogens with zero attached hydrogens (tertiary/aromatic N) is 1. The Morgan fingerprint density at radius 2 is 1.75 bits per heavy atom. The maximum atomic E-state index is 12.9. The lowest BCUT2D eigenvalue weighted by Gasteiger charge is -2.38. The number of amides is 2. The molecule has 2 heterocycles. The smallest absolute Gasteiger partial charge is 0.257 e. The lowest BCUT2D eigenvalue weighted by Crippen LogP contribution is -2.44. The van der Waals surface area contributed by atoms with Gasteiger partial charge < -0.3 is 15.4 Å². The van der Waals surface area contributed by atoms with Crippen molar-refractivity contribution >= 4 is 29.1 Å². The number of anilines is 1. The van der Waals surface area contributed by atoms with Crippen molar-refractivity contribution in [1.29, 1.82) is 0 Å². The van der Waals surface area contributed by atoms with Crippen LogP contribution < -0.4 is 10.6 Å². The van der Waals surface area contributed by atoms with Crippen LogP contribution in [0.3, 0.4) is 0 Å². The van der Waals surface area contributed by atoms with Crippen LogP contribution in [-0.4, -0.2) is 36.6 Å². The Hall–Kier alpha value is -3.22. The van der Waals surface area contributed by atoms with Gasteiger partial charge in [0.05, 0.1) is 5.56 Å². The Balaban J connectivity index is 1.46. The summed E-state index contributed by atoms with van der Waals surface area (Å²) < 4.78 is 5.57. The van der Waals surface area contributed by atoms with Crippen LogP contribution in [-0.2, 0) is 10.2 Å². The lowest BCUT2D eigenvalue weighted by molar-refractivity contribution is 0.0487. The van der Waals surface area contributed by atoms with Gasteiger partial charge in [-0.25, -0.2) is 0 Å². The van der Waals surface area contributed by atoms with Crippen LogP contribution in [0.15, 0.2) is 73.1 Å². The number of carbonyl (C=O) groups excluding carboxylic acids is 2. The number of aromatic nitrogens is 1. The van der Waals surface area contributed by atoms with Gasteiger partial charge in [0.1, 0.15) is 0 Å². The molecule has 6 nitrogen and oxygen atoms in total. The Morgan fingerprint density at radius 3 is 2.50 bits per heavy atom. The van der Waals surface area contributed by atoms with Crippen molar-refractivity contribution in [3.63, 3.8) is 0 Å². The van der Waals surface area contributed by atoms with E-state index in [9.17, 15) is 9.59 Å². The highest BCUT2D eigenvalue weighted by molar-refractivity contribution is 6.30. The minimum atomic E-state index is -0.280. The summed E-state index contributed by atoms with van der Waals surface area (Å²) in [5.74, 6) is -0.479. The molecule has 2 amide bonds. The number of rotatable bonds is 6. The van der Waals surface area contributed by atoms with E-state index in [0.717, 1.165) is 18.4 Å². The quantitative estimate of drug-likeness (QED) is 0.582. The van der Waals surface area contributed by atoms with Crippen molar-refractivity contribution in [2.75, 3.05) is 25.1 Å². The molecule has 4 rings (SSSR count). The molecule has 7 heteroatoms. The van der Waals surface area contributed by atoms with Crippen LogP contribution in [0, 0.1) is 0 Å². The first-order chi connectivity index (χ1) is 15.6. The molecule has 0 unspecified atom stereocenters. The van der Waals surface area contributed by atoms with E-state index >= 15 is 0 Å². The van der Waals surface area contributed by atoms with E-state index in [0.29, 0.717) is 41.6 Å². The molecule has 3 aromatic rings. The molecule has 1 aromatic heterocycles. The van der Waals surface area contributed by atoms with Gasteiger partial charge in [0.15, 0.2) is 0 Å². The first kappa shape index (κ1) is 22.0. The molecule has 1 aliphatic heterocycles. The zero-order valence-electron chi connectivity index (χ0n) is 17.5. The topological polar surface area (TPSA) is 80.3 Å². The van der Waals surface area contributed by atoms with Crippen LogP contribution in [0.25, 0.3) is 0 Å². The average molecular weight is 450 g/mol. The number of nitrogens with one attached hydrogen (secondary N) is 2. The van der Waals surface area contributed by atoms with Crippen molar-refractivity contribution in [1.82, 2.24) is 10.3 Å². The summed E-state index contributed by atoms with van der Waals surface area (Å²) in [6.07, 6.45) is 4.70. The van der Waals surface area contributed by atoms with Crippen molar-refractivity contribution in [2.45, 2.75) is 18.3 Å². The fraction of sp³-hybridized carbons (Fsp3) is 0.240. The lowest BCUT2D eigenvalue weighted by atomic mass is 9.74. The normalized spacial score (nSPS) is 15.0.